The molecule has 0 radical (unpaired) electrons. The van der Waals surface area contributed by atoms with Crippen LogP contribution in [0, 0.1) is 0 Å². The number of aromatic nitrogens is 2. The highest BCUT2D eigenvalue weighted by Crippen LogP contribution is 2.29. The number of amides is 1. The summed E-state index contributed by atoms with van der Waals surface area (Å²) in [5.74, 6) is 0.381. The van der Waals surface area contributed by atoms with Crippen LogP contribution in [0.4, 0.5) is 23.0 Å². The number of morpholine rings is 1. The maximum Gasteiger partial charge on any atom is 0.248 e. The second kappa shape index (κ2) is 9.86. The van der Waals surface area contributed by atoms with E-state index in [1.165, 1.54) is 6.08 Å². The van der Waals surface area contributed by atoms with Gasteiger partial charge in [0.15, 0.2) is 0 Å². The lowest BCUT2D eigenvalue weighted by molar-refractivity contribution is -0.111. The van der Waals surface area contributed by atoms with Crippen LogP contribution in [-0.2, 0) is 9.53 Å². The molecule has 0 unspecified atom stereocenters. The highest BCUT2D eigenvalue weighted by molar-refractivity contribution is 5.99. The molecule has 1 aromatic heterocycles. The van der Waals surface area contributed by atoms with Crippen molar-refractivity contribution in [3.05, 3.63) is 72.9 Å². The van der Waals surface area contributed by atoms with Gasteiger partial charge in [0.2, 0.25) is 11.9 Å². The SMILES string of the molecule is CC=CC(=O)Nc1ccc(-c2ccnc(Nc3ccccc3N3CCOCC3)n2)cc1. The number of anilines is 4. The van der Waals surface area contributed by atoms with E-state index in [0.29, 0.717) is 5.95 Å². The molecule has 0 aliphatic carbocycles. The van der Waals surface area contributed by atoms with Crippen molar-refractivity contribution in [2.75, 3.05) is 41.8 Å². The van der Waals surface area contributed by atoms with Crippen LogP contribution < -0.4 is 15.5 Å². The van der Waals surface area contributed by atoms with Gasteiger partial charge in [0, 0.05) is 30.5 Å². The fourth-order valence-electron chi connectivity index (χ4n) is 3.42. The van der Waals surface area contributed by atoms with Crippen molar-refractivity contribution in [3.63, 3.8) is 0 Å². The molecule has 0 bridgehead atoms. The lowest BCUT2D eigenvalue weighted by atomic mass is 10.1. The van der Waals surface area contributed by atoms with Gasteiger partial charge in [-0.2, -0.15) is 0 Å². The first-order chi connectivity index (χ1) is 15.2. The second-order valence-electron chi connectivity index (χ2n) is 7.07. The second-order valence-corrected chi connectivity index (χ2v) is 7.07. The molecule has 7 nitrogen and oxygen atoms in total. The van der Waals surface area contributed by atoms with Crippen LogP contribution in [0.15, 0.2) is 72.9 Å². The zero-order chi connectivity index (χ0) is 21.5. The first-order valence-electron chi connectivity index (χ1n) is 10.3. The zero-order valence-electron chi connectivity index (χ0n) is 17.4. The van der Waals surface area contributed by atoms with Gasteiger partial charge in [0.05, 0.1) is 30.3 Å². The monoisotopic (exact) mass is 415 g/mol. The van der Waals surface area contributed by atoms with E-state index >= 15 is 0 Å². The predicted molar refractivity (Wildman–Crippen MR) is 124 cm³/mol. The van der Waals surface area contributed by atoms with Gasteiger partial charge < -0.3 is 20.3 Å². The van der Waals surface area contributed by atoms with E-state index in [-0.39, 0.29) is 5.91 Å². The Morgan fingerprint density at radius 2 is 1.84 bits per heavy atom. The molecule has 2 heterocycles. The van der Waals surface area contributed by atoms with E-state index in [1.54, 1.807) is 12.3 Å². The molecule has 158 valence electrons. The summed E-state index contributed by atoms with van der Waals surface area (Å²) in [5, 5.41) is 6.18. The number of nitrogens with one attached hydrogen (secondary N) is 2. The van der Waals surface area contributed by atoms with Gasteiger partial charge in [-0.05, 0) is 43.3 Å². The summed E-state index contributed by atoms with van der Waals surface area (Å²) in [6.45, 7) is 4.98. The molecule has 2 aromatic carbocycles. The van der Waals surface area contributed by atoms with Crippen LogP contribution in [0.3, 0.4) is 0 Å². The quantitative estimate of drug-likeness (QED) is 0.587. The van der Waals surface area contributed by atoms with Crippen LogP contribution in [0.25, 0.3) is 11.3 Å². The van der Waals surface area contributed by atoms with Crippen LogP contribution in [0.2, 0.25) is 0 Å². The van der Waals surface area contributed by atoms with E-state index in [2.05, 4.69) is 31.6 Å². The maximum atomic E-state index is 11.7. The third-order valence-corrected chi connectivity index (χ3v) is 4.92. The predicted octanol–water partition coefficient (Wildman–Crippen LogP) is 4.24. The molecule has 1 aliphatic heterocycles. The number of carbonyl (C=O) groups is 1. The Bertz CT molecular complexity index is 1060. The first-order valence-corrected chi connectivity index (χ1v) is 10.3. The van der Waals surface area contributed by atoms with Gasteiger partial charge in [-0.25, -0.2) is 9.97 Å². The molecule has 1 aliphatic rings. The minimum Gasteiger partial charge on any atom is -0.378 e. The smallest absolute Gasteiger partial charge is 0.248 e. The van der Waals surface area contributed by atoms with Gasteiger partial charge in [-0.15, -0.1) is 0 Å². The standard InChI is InChI=1S/C24H25N5O2/c1-2-5-23(30)26-19-10-8-18(9-11-19)20-12-13-25-24(27-20)28-21-6-3-4-7-22(21)29-14-16-31-17-15-29/h2-13H,14-17H2,1H3,(H,26,30)(H,25,27,28). The van der Waals surface area contributed by atoms with Crippen molar-refractivity contribution in [3.8, 4) is 11.3 Å². The van der Waals surface area contributed by atoms with Crippen molar-refractivity contribution < 1.29 is 9.53 Å². The average molecular weight is 415 g/mol. The fourth-order valence-corrected chi connectivity index (χ4v) is 3.42. The number of benzene rings is 2. The summed E-state index contributed by atoms with van der Waals surface area (Å²) >= 11 is 0. The highest BCUT2D eigenvalue weighted by atomic mass is 16.5. The van der Waals surface area contributed by atoms with E-state index in [1.807, 2.05) is 55.5 Å². The Morgan fingerprint density at radius 3 is 2.61 bits per heavy atom. The normalized spacial score (nSPS) is 13.9. The molecule has 1 fully saturated rings. The minimum atomic E-state index is -0.150. The third-order valence-electron chi connectivity index (χ3n) is 4.92. The molecule has 0 spiro atoms. The Hall–Kier alpha value is -3.71. The number of ether oxygens (including phenoxy) is 1. The van der Waals surface area contributed by atoms with Crippen LogP contribution in [0.5, 0.6) is 0 Å². The van der Waals surface area contributed by atoms with Crippen LogP contribution in [0.1, 0.15) is 6.92 Å². The number of nitrogens with zero attached hydrogens (tertiary/aromatic N) is 3. The molecule has 7 heteroatoms. The van der Waals surface area contributed by atoms with Crippen molar-refractivity contribution in [1.82, 2.24) is 9.97 Å². The molecule has 3 aromatic rings. The molecule has 31 heavy (non-hydrogen) atoms. The number of rotatable bonds is 6. The summed E-state index contributed by atoms with van der Waals surface area (Å²) in [7, 11) is 0. The number of hydrogen-bond donors (Lipinski definition) is 2. The largest absolute Gasteiger partial charge is 0.378 e. The van der Waals surface area contributed by atoms with Crippen molar-refractivity contribution in [2.45, 2.75) is 6.92 Å². The zero-order valence-corrected chi connectivity index (χ0v) is 17.4. The van der Waals surface area contributed by atoms with Gasteiger partial charge in [-0.3, -0.25) is 4.79 Å². The first kappa shape index (κ1) is 20.6. The summed E-state index contributed by atoms with van der Waals surface area (Å²) in [6, 6.07) is 17.6. The number of para-hydroxylation sites is 2. The van der Waals surface area contributed by atoms with Crippen molar-refractivity contribution >= 4 is 28.9 Å². The molecule has 0 saturated carbocycles. The maximum absolute atomic E-state index is 11.7. The van der Waals surface area contributed by atoms with E-state index < -0.39 is 0 Å². The van der Waals surface area contributed by atoms with E-state index in [0.717, 1.165) is 54.6 Å². The van der Waals surface area contributed by atoms with Crippen molar-refractivity contribution in [2.24, 2.45) is 0 Å². The minimum absolute atomic E-state index is 0.150. The molecule has 1 amide bonds. The highest BCUT2D eigenvalue weighted by Gasteiger charge is 2.15. The Labute approximate surface area is 181 Å². The fraction of sp³-hybridized carbons (Fsp3) is 0.208. The van der Waals surface area contributed by atoms with Crippen LogP contribution >= 0.6 is 0 Å². The molecular formula is C24H25N5O2. The molecule has 4 rings (SSSR count). The van der Waals surface area contributed by atoms with Crippen LogP contribution in [-0.4, -0.2) is 42.2 Å². The molecule has 0 atom stereocenters. The van der Waals surface area contributed by atoms with E-state index in [4.69, 9.17) is 4.74 Å². The molecule has 1 saturated heterocycles. The Morgan fingerprint density at radius 1 is 1.06 bits per heavy atom. The number of allylic oxidation sites excluding steroid dienone is 1. The summed E-state index contributed by atoms with van der Waals surface area (Å²) in [5.41, 5.74) is 4.55. The average Bonchev–Trinajstić information content (AvgIpc) is 2.81. The molecular weight excluding hydrogens is 390 g/mol. The topological polar surface area (TPSA) is 79.4 Å². The summed E-state index contributed by atoms with van der Waals surface area (Å²) < 4.78 is 5.47. The van der Waals surface area contributed by atoms with E-state index in [9.17, 15) is 4.79 Å². The number of hydrogen-bond acceptors (Lipinski definition) is 6. The van der Waals surface area contributed by atoms with Gasteiger partial charge in [0.25, 0.3) is 0 Å². The number of carbonyl (C=O) groups excluding carboxylic acids is 1. The Balaban J connectivity index is 1.51. The lowest BCUT2D eigenvalue weighted by Crippen LogP contribution is -2.36. The summed E-state index contributed by atoms with van der Waals surface area (Å²) in [6.07, 6.45) is 4.94. The Kier molecular flexibility index (Phi) is 6.54. The van der Waals surface area contributed by atoms with Gasteiger partial charge in [-0.1, -0.05) is 30.3 Å². The molecule has 2 N–H and O–H groups in total. The summed E-state index contributed by atoms with van der Waals surface area (Å²) in [4.78, 5) is 23.1. The third kappa shape index (κ3) is 5.26. The lowest BCUT2D eigenvalue weighted by Gasteiger charge is -2.30. The van der Waals surface area contributed by atoms with Gasteiger partial charge in [0.1, 0.15) is 0 Å². The van der Waals surface area contributed by atoms with Crippen molar-refractivity contribution in [1.29, 1.82) is 0 Å². The van der Waals surface area contributed by atoms with Gasteiger partial charge >= 0.3 is 0 Å².